The van der Waals surface area contributed by atoms with Gasteiger partial charge in [-0.3, -0.25) is 4.79 Å². The lowest BCUT2D eigenvalue weighted by molar-refractivity contribution is -0.124. The van der Waals surface area contributed by atoms with E-state index in [0.29, 0.717) is 30.4 Å². The second-order valence-electron chi connectivity index (χ2n) is 4.34. The highest BCUT2D eigenvalue weighted by Gasteiger charge is 2.06. The fourth-order valence-electron chi connectivity index (χ4n) is 1.41. The Balaban J connectivity index is 2.46. The number of rotatable bonds is 7. The van der Waals surface area contributed by atoms with Gasteiger partial charge in [-0.1, -0.05) is 13.8 Å². The number of amides is 1. The molecule has 19 heavy (non-hydrogen) atoms. The summed E-state index contributed by atoms with van der Waals surface area (Å²) >= 11 is 0. The van der Waals surface area contributed by atoms with Crippen LogP contribution in [0.5, 0.6) is 17.2 Å². The highest BCUT2D eigenvalue weighted by molar-refractivity contribution is 5.77. The molecule has 0 saturated carbocycles. The van der Waals surface area contributed by atoms with E-state index in [1.54, 1.807) is 32.4 Å². The minimum absolute atomic E-state index is 0.0167. The SMILES string of the molecule is COc1cc(OC)cc(OCCNC(=O)C(C)C)c1. The monoisotopic (exact) mass is 267 g/mol. The van der Waals surface area contributed by atoms with Crippen molar-refractivity contribution in [3.05, 3.63) is 18.2 Å². The van der Waals surface area contributed by atoms with Crippen molar-refractivity contribution < 1.29 is 19.0 Å². The van der Waals surface area contributed by atoms with Crippen LogP contribution in [-0.2, 0) is 4.79 Å². The van der Waals surface area contributed by atoms with E-state index in [1.807, 2.05) is 13.8 Å². The maximum absolute atomic E-state index is 11.3. The molecule has 1 aromatic rings. The first kappa shape index (κ1) is 15.1. The van der Waals surface area contributed by atoms with Crippen molar-refractivity contribution in [2.75, 3.05) is 27.4 Å². The van der Waals surface area contributed by atoms with Crippen LogP contribution >= 0.6 is 0 Å². The molecule has 0 fully saturated rings. The zero-order chi connectivity index (χ0) is 14.3. The lowest BCUT2D eigenvalue weighted by atomic mass is 10.2. The number of hydrogen-bond acceptors (Lipinski definition) is 4. The molecular weight excluding hydrogens is 246 g/mol. The smallest absolute Gasteiger partial charge is 0.222 e. The van der Waals surface area contributed by atoms with Crippen LogP contribution in [0.25, 0.3) is 0 Å². The Morgan fingerprint density at radius 3 is 2.11 bits per heavy atom. The molecule has 0 aliphatic heterocycles. The summed E-state index contributed by atoms with van der Waals surface area (Å²) in [6.07, 6.45) is 0. The zero-order valence-electron chi connectivity index (χ0n) is 11.9. The van der Waals surface area contributed by atoms with Gasteiger partial charge >= 0.3 is 0 Å². The highest BCUT2D eigenvalue weighted by atomic mass is 16.5. The first-order valence-electron chi connectivity index (χ1n) is 6.20. The minimum Gasteiger partial charge on any atom is -0.496 e. The summed E-state index contributed by atoms with van der Waals surface area (Å²) in [5.41, 5.74) is 0. The average molecular weight is 267 g/mol. The van der Waals surface area contributed by atoms with Crippen molar-refractivity contribution >= 4 is 5.91 Å². The van der Waals surface area contributed by atoms with E-state index in [1.165, 1.54) is 0 Å². The van der Waals surface area contributed by atoms with Gasteiger partial charge in [0, 0.05) is 24.1 Å². The molecule has 0 aliphatic rings. The number of methoxy groups -OCH3 is 2. The van der Waals surface area contributed by atoms with E-state index in [0.717, 1.165) is 0 Å². The molecule has 0 spiro atoms. The minimum atomic E-state index is -0.0167. The number of benzene rings is 1. The number of nitrogens with one attached hydrogen (secondary N) is 1. The summed E-state index contributed by atoms with van der Waals surface area (Å²) in [6, 6.07) is 5.31. The molecule has 1 N–H and O–H groups in total. The van der Waals surface area contributed by atoms with Gasteiger partial charge in [0.2, 0.25) is 5.91 Å². The molecule has 0 atom stereocenters. The molecule has 0 aliphatic carbocycles. The summed E-state index contributed by atoms with van der Waals surface area (Å²) in [4.78, 5) is 11.3. The van der Waals surface area contributed by atoms with Crippen molar-refractivity contribution in [3.63, 3.8) is 0 Å². The molecule has 0 unspecified atom stereocenters. The number of carbonyl (C=O) groups excluding carboxylic acids is 1. The van der Waals surface area contributed by atoms with E-state index >= 15 is 0 Å². The lowest BCUT2D eigenvalue weighted by Gasteiger charge is -2.11. The van der Waals surface area contributed by atoms with E-state index in [-0.39, 0.29) is 11.8 Å². The van der Waals surface area contributed by atoms with Gasteiger partial charge in [-0.05, 0) is 0 Å². The lowest BCUT2D eigenvalue weighted by Crippen LogP contribution is -2.31. The van der Waals surface area contributed by atoms with Crippen LogP contribution < -0.4 is 19.5 Å². The van der Waals surface area contributed by atoms with Gasteiger partial charge in [-0.25, -0.2) is 0 Å². The standard InChI is InChI=1S/C14H21NO4/c1-10(2)14(16)15-5-6-19-13-8-11(17-3)7-12(9-13)18-4/h7-10H,5-6H2,1-4H3,(H,15,16). The van der Waals surface area contributed by atoms with Crippen molar-refractivity contribution in [1.29, 1.82) is 0 Å². The highest BCUT2D eigenvalue weighted by Crippen LogP contribution is 2.27. The predicted molar refractivity (Wildman–Crippen MR) is 72.9 cm³/mol. The first-order valence-corrected chi connectivity index (χ1v) is 6.20. The Bertz CT molecular complexity index is 396. The summed E-state index contributed by atoms with van der Waals surface area (Å²) < 4.78 is 15.8. The maximum Gasteiger partial charge on any atom is 0.222 e. The number of hydrogen-bond donors (Lipinski definition) is 1. The van der Waals surface area contributed by atoms with Gasteiger partial charge < -0.3 is 19.5 Å². The largest absolute Gasteiger partial charge is 0.496 e. The van der Waals surface area contributed by atoms with Gasteiger partial charge in [-0.15, -0.1) is 0 Å². The molecule has 1 amide bonds. The van der Waals surface area contributed by atoms with Crippen molar-refractivity contribution in [1.82, 2.24) is 5.32 Å². The van der Waals surface area contributed by atoms with Crippen LogP contribution in [0.3, 0.4) is 0 Å². The second-order valence-corrected chi connectivity index (χ2v) is 4.34. The topological polar surface area (TPSA) is 56.8 Å². The quantitative estimate of drug-likeness (QED) is 0.766. The van der Waals surface area contributed by atoms with Gasteiger partial charge in [0.1, 0.15) is 23.9 Å². The number of carbonyl (C=O) groups is 1. The van der Waals surface area contributed by atoms with Crippen LogP contribution in [0.15, 0.2) is 18.2 Å². The van der Waals surface area contributed by atoms with Crippen molar-refractivity contribution in [2.45, 2.75) is 13.8 Å². The van der Waals surface area contributed by atoms with E-state index in [9.17, 15) is 4.79 Å². The van der Waals surface area contributed by atoms with Gasteiger partial charge in [0.25, 0.3) is 0 Å². The average Bonchev–Trinajstić information content (AvgIpc) is 2.42. The van der Waals surface area contributed by atoms with E-state index in [4.69, 9.17) is 14.2 Å². The zero-order valence-corrected chi connectivity index (χ0v) is 11.9. The molecule has 106 valence electrons. The Morgan fingerprint density at radius 1 is 1.11 bits per heavy atom. The Morgan fingerprint density at radius 2 is 1.63 bits per heavy atom. The Hall–Kier alpha value is -1.91. The van der Waals surface area contributed by atoms with Crippen LogP contribution in [0, 0.1) is 5.92 Å². The normalized spacial score (nSPS) is 10.2. The van der Waals surface area contributed by atoms with Gasteiger partial charge in [-0.2, -0.15) is 0 Å². The molecular formula is C14H21NO4. The fourth-order valence-corrected chi connectivity index (χ4v) is 1.41. The van der Waals surface area contributed by atoms with E-state index < -0.39 is 0 Å². The van der Waals surface area contributed by atoms with Crippen LogP contribution in [-0.4, -0.2) is 33.3 Å². The third kappa shape index (κ3) is 5.07. The van der Waals surface area contributed by atoms with Crippen molar-refractivity contribution in [3.8, 4) is 17.2 Å². The Kier molecular flexibility index (Phi) is 5.99. The van der Waals surface area contributed by atoms with Crippen molar-refractivity contribution in [2.24, 2.45) is 5.92 Å². The molecule has 1 aromatic carbocycles. The predicted octanol–water partition coefficient (Wildman–Crippen LogP) is 1.85. The molecule has 0 radical (unpaired) electrons. The fraction of sp³-hybridized carbons (Fsp3) is 0.500. The Labute approximate surface area is 113 Å². The molecule has 5 nitrogen and oxygen atoms in total. The van der Waals surface area contributed by atoms with Gasteiger partial charge in [0.05, 0.1) is 20.8 Å². The summed E-state index contributed by atoms with van der Waals surface area (Å²) in [7, 11) is 3.17. The molecule has 0 saturated heterocycles. The summed E-state index contributed by atoms with van der Waals surface area (Å²) in [5.74, 6) is 1.99. The maximum atomic E-state index is 11.3. The second kappa shape index (κ2) is 7.51. The molecule has 0 heterocycles. The third-order valence-corrected chi connectivity index (χ3v) is 2.52. The van der Waals surface area contributed by atoms with Crippen LogP contribution in [0.4, 0.5) is 0 Å². The first-order chi connectivity index (χ1) is 9.06. The summed E-state index contributed by atoms with van der Waals surface area (Å²) in [6.45, 7) is 4.57. The molecule has 0 bridgehead atoms. The van der Waals surface area contributed by atoms with Crippen LogP contribution in [0.2, 0.25) is 0 Å². The molecule has 0 aromatic heterocycles. The molecule has 1 rings (SSSR count). The number of ether oxygens (including phenoxy) is 3. The third-order valence-electron chi connectivity index (χ3n) is 2.52. The van der Waals surface area contributed by atoms with Gasteiger partial charge in [0.15, 0.2) is 0 Å². The van der Waals surface area contributed by atoms with Crippen LogP contribution in [0.1, 0.15) is 13.8 Å². The molecule has 5 heteroatoms. The summed E-state index contributed by atoms with van der Waals surface area (Å²) in [5, 5.41) is 2.78. The van der Waals surface area contributed by atoms with E-state index in [2.05, 4.69) is 5.32 Å².